The van der Waals surface area contributed by atoms with Gasteiger partial charge in [0.05, 0.1) is 31.5 Å². The Bertz CT molecular complexity index is 259. The quantitative estimate of drug-likeness (QED) is 0.598. The van der Waals surface area contributed by atoms with Crippen molar-refractivity contribution in [1.82, 2.24) is 4.90 Å². The lowest BCUT2D eigenvalue weighted by molar-refractivity contribution is -0.276. The molecule has 0 aliphatic carbocycles. The Kier molecular flexibility index (Phi) is 7.90. The fraction of sp³-hybridized carbons (Fsp3) is 1.00. The van der Waals surface area contributed by atoms with Gasteiger partial charge in [-0.15, -0.1) is 0 Å². The first-order valence-electron chi connectivity index (χ1n) is 6.83. The van der Waals surface area contributed by atoms with E-state index in [4.69, 9.17) is 18.9 Å². The standard InChI is InChI=1S/C13H27NO6/c1-9-11(15)10(12(16)13(19-4)20-9)14(5-7-17-2)6-8-18-3/h9-13,15-16H,5-8H2,1-4H3/t9-,10?,11?,12+,13?/m1/s1. The molecule has 7 heteroatoms. The summed E-state index contributed by atoms with van der Waals surface area (Å²) >= 11 is 0. The molecule has 5 atom stereocenters. The maximum absolute atomic E-state index is 10.4. The van der Waals surface area contributed by atoms with Gasteiger partial charge in [-0.2, -0.15) is 0 Å². The Morgan fingerprint density at radius 1 is 1.00 bits per heavy atom. The van der Waals surface area contributed by atoms with Crippen LogP contribution in [-0.4, -0.2) is 93.4 Å². The summed E-state index contributed by atoms with van der Waals surface area (Å²) in [7, 11) is 4.71. The van der Waals surface area contributed by atoms with E-state index in [1.165, 1.54) is 7.11 Å². The molecule has 0 aromatic carbocycles. The topological polar surface area (TPSA) is 80.6 Å². The maximum Gasteiger partial charge on any atom is 0.185 e. The predicted molar refractivity (Wildman–Crippen MR) is 72.5 cm³/mol. The van der Waals surface area contributed by atoms with E-state index in [-0.39, 0.29) is 0 Å². The Hall–Kier alpha value is -0.280. The van der Waals surface area contributed by atoms with E-state index in [1.807, 2.05) is 4.90 Å². The van der Waals surface area contributed by atoms with E-state index in [1.54, 1.807) is 21.1 Å². The van der Waals surface area contributed by atoms with Crippen LogP contribution in [0.2, 0.25) is 0 Å². The Morgan fingerprint density at radius 3 is 2.00 bits per heavy atom. The lowest BCUT2D eigenvalue weighted by Gasteiger charge is -2.46. The summed E-state index contributed by atoms with van der Waals surface area (Å²) in [5.74, 6) is 0. The summed E-state index contributed by atoms with van der Waals surface area (Å²) in [4.78, 5) is 1.95. The molecule has 0 spiro atoms. The molecule has 7 nitrogen and oxygen atoms in total. The first-order chi connectivity index (χ1) is 9.56. The van der Waals surface area contributed by atoms with Crippen molar-refractivity contribution in [3.05, 3.63) is 0 Å². The SMILES string of the molecule is COCCN(CCOC)C1C(O)[C@@H](C)OC(OC)[C@H]1O. The van der Waals surface area contributed by atoms with E-state index >= 15 is 0 Å². The number of hydrogen-bond acceptors (Lipinski definition) is 7. The number of aliphatic hydroxyl groups is 2. The number of aliphatic hydroxyl groups excluding tert-OH is 2. The first kappa shape index (κ1) is 17.8. The van der Waals surface area contributed by atoms with Crippen LogP contribution in [0, 0.1) is 0 Å². The van der Waals surface area contributed by atoms with Crippen LogP contribution in [0.4, 0.5) is 0 Å². The second-order valence-electron chi connectivity index (χ2n) is 4.94. The molecule has 0 bridgehead atoms. The highest BCUT2D eigenvalue weighted by Crippen LogP contribution is 2.25. The zero-order chi connectivity index (χ0) is 15.1. The van der Waals surface area contributed by atoms with Gasteiger partial charge in [0.1, 0.15) is 6.10 Å². The zero-order valence-corrected chi connectivity index (χ0v) is 12.7. The van der Waals surface area contributed by atoms with Gasteiger partial charge < -0.3 is 29.2 Å². The summed E-state index contributed by atoms with van der Waals surface area (Å²) < 4.78 is 20.7. The molecule has 120 valence electrons. The zero-order valence-electron chi connectivity index (χ0n) is 12.7. The summed E-state index contributed by atoms with van der Waals surface area (Å²) in [5.41, 5.74) is 0. The molecule has 1 rings (SSSR count). The smallest absolute Gasteiger partial charge is 0.185 e. The molecule has 0 radical (unpaired) electrons. The molecular weight excluding hydrogens is 266 g/mol. The van der Waals surface area contributed by atoms with Gasteiger partial charge in [0.25, 0.3) is 0 Å². The summed E-state index contributed by atoms with van der Waals surface area (Å²) in [6.07, 6.45) is -2.89. The molecule has 1 aliphatic heterocycles. The van der Waals surface area contributed by atoms with Crippen LogP contribution in [-0.2, 0) is 18.9 Å². The van der Waals surface area contributed by atoms with Gasteiger partial charge in [0, 0.05) is 34.4 Å². The average molecular weight is 293 g/mol. The van der Waals surface area contributed by atoms with Crippen molar-refractivity contribution in [2.45, 2.75) is 37.6 Å². The molecule has 20 heavy (non-hydrogen) atoms. The Balaban J connectivity index is 2.81. The third-order valence-corrected chi connectivity index (χ3v) is 3.63. The third kappa shape index (κ3) is 4.36. The highest BCUT2D eigenvalue weighted by Gasteiger charge is 2.45. The minimum absolute atomic E-state index is 0.416. The Labute approximate surface area is 120 Å². The fourth-order valence-corrected chi connectivity index (χ4v) is 2.47. The largest absolute Gasteiger partial charge is 0.389 e. The fourth-order valence-electron chi connectivity index (χ4n) is 2.47. The molecule has 1 aliphatic rings. The van der Waals surface area contributed by atoms with E-state index in [9.17, 15) is 10.2 Å². The van der Waals surface area contributed by atoms with Gasteiger partial charge in [-0.05, 0) is 6.92 Å². The van der Waals surface area contributed by atoms with E-state index in [0.29, 0.717) is 26.3 Å². The summed E-state index contributed by atoms with van der Waals surface area (Å²) in [5, 5.41) is 20.7. The van der Waals surface area contributed by atoms with Crippen molar-refractivity contribution < 1.29 is 29.2 Å². The van der Waals surface area contributed by atoms with Crippen molar-refractivity contribution in [1.29, 1.82) is 0 Å². The second kappa shape index (κ2) is 8.89. The molecule has 1 heterocycles. The van der Waals surface area contributed by atoms with Crippen LogP contribution >= 0.6 is 0 Å². The van der Waals surface area contributed by atoms with Crippen molar-refractivity contribution in [2.75, 3.05) is 47.6 Å². The number of nitrogens with zero attached hydrogens (tertiary/aromatic N) is 1. The van der Waals surface area contributed by atoms with Crippen LogP contribution in [0.3, 0.4) is 0 Å². The molecule has 1 saturated heterocycles. The van der Waals surface area contributed by atoms with Gasteiger partial charge in [-0.1, -0.05) is 0 Å². The van der Waals surface area contributed by atoms with Gasteiger partial charge in [-0.25, -0.2) is 0 Å². The van der Waals surface area contributed by atoms with Crippen LogP contribution in [0.5, 0.6) is 0 Å². The lowest BCUT2D eigenvalue weighted by atomic mass is 9.95. The van der Waals surface area contributed by atoms with Gasteiger partial charge in [-0.3, -0.25) is 4.90 Å². The van der Waals surface area contributed by atoms with E-state index in [2.05, 4.69) is 0 Å². The van der Waals surface area contributed by atoms with Crippen molar-refractivity contribution >= 4 is 0 Å². The van der Waals surface area contributed by atoms with Gasteiger partial charge in [0.15, 0.2) is 6.29 Å². The summed E-state index contributed by atoms with van der Waals surface area (Å²) in [6.45, 7) is 3.95. The molecule has 0 aromatic heterocycles. The predicted octanol–water partition coefficient (Wildman–Crippen LogP) is -0.937. The molecule has 0 amide bonds. The van der Waals surface area contributed by atoms with Crippen molar-refractivity contribution in [3.8, 4) is 0 Å². The maximum atomic E-state index is 10.4. The molecule has 1 fully saturated rings. The van der Waals surface area contributed by atoms with Crippen molar-refractivity contribution in [2.24, 2.45) is 0 Å². The highest BCUT2D eigenvalue weighted by molar-refractivity contribution is 4.94. The summed E-state index contributed by atoms with van der Waals surface area (Å²) in [6, 6.07) is -0.478. The minimum atomic E-state index is -0.931. The Morgan fingerprint density at radius 2 is 1.55 bits per heavy atom. The minimum Gasteiger partial charge on any atom is -0.389 e. The third-order valence-electron chi connectivity index (χ3n) is 3.63. The monoisotopic (exact) mass is 293 g/mol. The molecular formula is C13H27NO6. The second-order valence-corrected chi connectivity index (χ2v) is 4.94. The number of rotatable bonds is 8. The number of ether oxygens (including phenoxy) is 4. The highest BCUT2D eigenvalue weighted by atomic mass is 16.7. The van der Waals surface area contributed by atoms with Gasteiger partial charge >= 0.3 is 0 Å². The number of hydrogen-bond donors (Lipinski definition) is 2. The van der Waals surface area contributed by atoms with Crippen LogP contribution in [0.1, 0.15) is 6.92 Å². The van der Waals surface area contributed by atoms with Crippen LogP contribution < -0.4 is 0 Å². The molecule has 0 aromatic rings. The van der Waals surface area contributed by atoms with Crippen LogP contribution in [0.25, 0.3) is 0 Å². The van der Waals surface area contributed by atoms with E-state index in [0.717, 1.165) is 0 Å². The number of methoxy groups -OCH3 is 3. The first-order valence-corrected chi connectivity index (χ1v) is 6.83. The van der Waals surface area contributed by atoms with Gasteiger partial charge in [0.2, 0.25) is 0 Å². The molecule has 3 unspecified atom stereocenters. The molecule has 2 N–H and O–H groups in total. The average Bonchev–Trinajstić information content (AvgIpc) is 2.45. The lowest BCUT2D eigenvalue weighted by Crippen LogP contribution is -2.64. The normalized spacial score (nSPS) is 34.6. The van der Waals surface area contributed by atoms with Crippen molar-refractivity contribution in [3.63, 3.8) is 0 Å². The van der Waals surface area contributed by atoms with Crippen LogP contribution in [0.15, 0.2) is 0 Å². The van der Waals surface area contributed by atoms with E-state index < -0.39 is 30.6 Å². The molecule has 0 saturated carbocycles.